The zero-order chi connectivity index (χ0) is 20.6. The van der Waals surface area contributed by atoms with E-state index >= 15 is 0 Å². The van der Waals surface area contributed by atoms with Gasteiger partial charge in [-0.2, -0.15) is 8.42 Å². The quantitative estimate of drug-likeness (QED) is 0.606. The van der Waals surface area contributed by atoms with Crippen LogP contribution in [0, 0.1) is 13.8 Å². The first-order chi connectivity index (χ1) is 13.8. The fourth-order valence-corrected chi connectivity index (χ4v) is 4.75. The lowest BCUT2D eigenvalue weighted by Gasteiger charge is -2.17. The molecular formula is C23H21NO4S. The Kier molecular flexibility index (Phi) is 4.88. The number of fused-ring (bicyclic) bond motifs is 1. The average Bonchev–Trinajstić information content (AvgIpc) is 3.13. The van der Waals surface area contributed by atoms with E-state index in [9.17, 15) is 13.2 Å². The van der Waals surface area contributed by atoms with Crippen molar-refractivity contribution in [2.75, 3.05) is 11.4 Å². The first-order valence-corrected chi connectivity index (χ1v) is 10.8. The summed E-state index contributed by atoms with van der Waals surface area (Å²) in [5.74, 6) is 0.0585. The minimum absolute atomic E-state index is 0.112. The highest BCUT2D eigenvalue weighted by molar-refractivity contribution is 7.87. The van der Waals surface area contributed by atoms with Gasteiger partial charge in [-0.3, -0.25) is 4.79 Å². The van der Waals surface area contributed by atoms with Crippen LogP contribution < -0.4 is 9.08 Å². The second-order valence-electron chi connectivity index (χ2n) is 7.17. The molecule has 0 unspecified atom stereocenters. The lowest BCUT2D eigenvalue weighted by atomic mass is 10.1. The highest BCUT2D eigenvalue weighted by Gasteiger charge is 2.25. The number of amides is 1. The number of nitrogens with zero attached hydrogens (tertiary/aromatic N) is 1. The molecule has 1 aliphatic rings. The number of hydrogen-bond donors (Lipinski definition) is 0. The van der Waals surface area contributed by atoms with Crippen molar-refractivity contribution in [1.29, 1.82) is 0 Å². The van der Waals surface area contributed by atoms with E-state index in [0.717, 1.165) is 23.2 Å². The van der Waals surface area contributed by atoms with Gasteiger partial charge in [0.05, 0.1) is 0 Å². The summed E-state index contributed by atoms with van der Waals surface area (Å²) in [6.45, 7) is 4.19. The van der Waals surface area contributed by atoms with Crippen molar-refractivity contribution < 1.29 is 17.4 Å². The number of aryl methyl sites for hydroxylation is 2. The molecule has 29 heavy (non-hydrogen) atoms. The Morgan fingerprint density at radius 3 is 2.45 bits per heavy atom. The van der Waals surface area contributed by atoms with Crippen LogP contribution in [-0.4, -0.2) is 20.9 Å². The Bertz CT molecular complexity index is 1180. The van der Waals surface area contributed by atoms with Gasteiger partial charge in [0.2, 0.25) is 0 Å². The Morgan fingerprint density at radius 2 is 1.69 bits per heavy atom. The Hall–Kier alpha value is -3.12. The average molecular weight is 407 g/mol. The Labute approximate surface area is 170 Å². The van der Waals surface area contributed by atoms with Crippen LogP contribution in [-0.2, 0) is 16.5 Å². The molecule has 0 aliphatic carbocycles. The first-order valence-electron chi connectivity index (χ1n) is 9.37. The number of hydrogen-bond acceptors (Lipinski definition) is 4. The standard InChI is InChI=1S/C23H21NO4S/c1-16-7-8-17(2)22(15-16)29(26,27)28-20-11-9-19(10-12-20)23(25)24-14-13-18-5-3-4-6-21(18)24/h3-12,15H,13-14H2,1-2H3. The van der Waals surface area contributed by atoms with Gasteiger partial charge in [-0.1, -0.05) is 30.3 Å². The van der Waals surface area contributed by atoms with E-state index in [4.69, 9.17) is 4.18 Å². The minimum Gasteiger partial charge on any atom is -0.379 e. The fraction of sp³-hybridized carbons (Fsp3) is 0.174. The number of carbonyl (C=O) groups excluding carboxylic acids is 1. The predicted octanol–water partition coefficient (Wildman–Crippen LogP) is 4.27. The zero-order valence-corrected chi connectivity index (χ0v) is 17.1. The summed E-state index contributed by atoms with van der Waals surface area (Å²) in [7, 11) is -3.95. The van der Waals surface area contributed by atoms with Gasteiger partial charge in [0.15, 0.2) is 0 Å². The number of anilines is 1. The van der Waals surface area contributed by atoms with E-state index in [-0.39, 0.29) is 16.6 Å². The number of rotatable bonds is 4. The molecule has 0 radical (unpaired) electrons. The first kappa shape index (κ1) is 19.2. The second kappa shape index (κ2) is 7.37. The van der Waals surface area contributed by atoms with E-state index in [1.54, 1.807) is 36.1 Å². The van der Waals surface area contributed by atoms with Crippen molar-refractivity contribution >= 4 is 21.7 Å². The smallest absolute Gasteiger partial charge is 0.339 e. The molecule has 1 heterocycles. The fourth-order valence-electron chi connectivity index (χ4n) is 3.51. The van der Waals surface area contributed by atoms with Gasteiger partial charge in [-0.05, 0) is 73.4 Å². The summed E-state index contributed by atoms with van der Waals surface area (Å²) in [4.78, 5) is 14.8. The van der Waals surface area contributed by atoms with Gasteiger partial charge in [-0.25, -0.2) is 0 Å². The highest BCUT2D eigenvalue weighted by Crippen LogP contribution is 2.29. The van der Waals surface area contributed by atoms with Gasteiger partial charge in [-0.15, -0.1) is 0 Å². The predicted molar refractivity (Wildman–Crippen MR) is 112 cm³/mol. The third-order valence-corrected chi connectivity index (χ3v) is 6.44. The summed E-state index contributed by atoms with van der Waals surface area (Å²) in [5.41, 5.74) is 4.02. The van der Waals surface area contributed by atoms with Crippen LogP contribution in [0.5, 0.6) is 5.75 Å². The number of para-hydroxylation sites is 1. The summed E-state index contributed by atoms with van der Waals surface area (Å²) in [6.07, 6.45) is 0.831. The van der Waals surface area contributed by atoms with Crippen LogP contribution in [0.3, 0.4) is 0 Å². The number of carbonyl (C=O) groups is 1. The van der Waals surface area contributed by atoms with Crippen molar-refractivity contribution in [2.24, 2.45) is 0 Å². The summed E-state index contributed by atoms with van der Waals surface area (Å²) in [6, 6.07) is 19.3. The molecule has 5 nitrogen and oxygen atoms in total. The molecule has 0 saturated heterocycles. The van der Waals surface area contributed by atoms with Crippen molar-refractivity contribution in [3.63, 3.8) is 0 Å². The molecule has 3 aromatic rings. The molecule has 3 aromatic carbocycles. The van der Waals surface area contributed by atoms with Crippen LogP contribution in [0.25, 0.3) is 0 Å². The maximum Gasteiger partial charge on any atom is 0.339 e. The third kappa shape index (κ3) is 3.76. The third-order valence-electron chi connectivity index (χ3n) is 5.05. The molecule has 0 N–H and O–H groups in total. The SMILES string of the molecule is Cc1ccc(C)c(S(=O)(=O)Oc2ccc(C(=O)N3CCc4ccccc43)cc2)c1. The number of benzene rings is 3. The molecule has 0 atom stereocenters. The monoisotopic (exact) mass is 407 g/mol. The van der Waals surface area contributed by atoms with Gasteiger partial charge >= 0.3 is 10.1 Å². The maximum absolute atomic E-state index is 12.9. The molecule has 148 valence electrons. The molecule has 1 aliphatic heterocycles. The van der Waals surface area contributed by atoms with Crippen LogP contribution in [0.15, 0.2) is 71.6 Å². The van der Waals surface area contributed by atoms with E-state index in [1.807, 2.05) is 37.3 Å². The van der Waals surface area contributed by atoms with E-state index in [1.165, 1.54) is 12.1 Å². The summed E-state index contributed by atoms with van der Waals surface area (Å²) >= 11 is 0. The molecular weight excluding hydrogens is 386 g/mol. The van der Waals surface area contributed by atoms with Gasteiger partial charge in [0.25, 0.3) is 5.91 Å². The molecule has 0 bridgehead atoms. The normalized spacial score (nSPS) is 13.2. The largest absolute Gasteiger partial charge is 0.379 e. The maximum atomic E-state index is 12.9. The van der Waals surface area contributed by atoms with Crippen LogP contribution in [0.1, 0.15) is 27.0 Å². The van der Waals surface area contributed by atoms with Crippen LogP contribution >= 0.6 is 0 Å². The molecule has 6 heteroatoms. The molecule has 0 saturated carbocycles. The highest BCUT2D eigenvalue weighted by atomic mass is 32.2. The Morgan fingerprint density at radius 1 is 0.966 bits per heavy atom. The molecule has 0 fully saturated rings. The minimum atomic E-state index is -3.95. The zero-order valence-electron chi connectivity index (χ0n) is 16.3. The summed E-state index contributed by atoms with van der Waals surface area (Å²) < 4.78 is 30.6. The second-order valence-corrected chi connectivity index (χ2v) is 8.68. The van der Waals surface area contributed by atoms with E-state index < -0.39 is 10.1 Å². The Balaban J connectivity index is 1.54. The van der Waals surface area contributed by atoms with Crippen LogP contribution in [0.2, 0.25) is 0 Å². The van der Waals surface area contributed by atoms with Crippen molar-refractivity contribution in [2.45, 2.75) is 25.2 Å². The topological polar surface area (TPSA) is 63.7 Å². The van der Waals surface area contributed by atoms with Crippen molar-refractivity contribution in [3.8, 4) is 5.75 Å². The molecule has 4 rings (SSSR count). The molecule has 1 amide bonds. The van der Waals surface area contributed by atoms with Crippen molar-refractivity contribution in [3.05, 3.63) is 89.0 Å². The van der Waals surface area contributed by atoms with Gasteiger partial charge in [0.1, 0.15) is 10.6 Å². The molecule has 0 spiro atoms. The van der Waals surface area contributed by atoms with E-state index in [2.05, 4.69) is 0 Å². The lowest BCUT2D eigenvalue weighted by molar-refractivity contribution is 0.0989. The van der Waals surface area contributed by atoms with Gasteiger partial charge < -0.3 is 9.08 Å². The van der Waals surface area contributed by atoms with Gasteiger partial charge in [0, 0.05) is 17.8 Å². The van der Waals surface area contributed by atoms with Crippen molar-refractivity contribution in [1.82, 2.24) is 0 Å². The molecule has 0 aromatic heterocycles. The lowest BCUT2D eigenvalue weighted by Crippen LogP contribution is -2.28. The summed E-state index contributed by atoms with van der Waals surface area (Å²) in [5, 5.41) is 0. The van der Waals surface area contributed by atoms with Crippen LogP contribution in [0.4, 0.5) is 5.69 Å². The van der Waals surface area contributed by atoms with E-state index in [0.29, 0.717) is 17.7 Å².